The minimum Gasteiger partial charge on any atom is -0.378 e. The Morgan fingerprint density at radius 2 is 0.868 bits per heavy atom. The van der Waals surface area contributed by atoms with Gasteiger partial charge in [0, 0.05) is 50.9 Å². The Morgan fingerprint density at radius 1 is 0.553 bits per heavy atom. The third-order valence-electron chi connectivity index (χ3n) is 7.10. The van der Waals surface area contributed by atoms with Gasteiger partial charge in [0.05, 0.1) is 10.5 Å². The van der Waals surface area contributed by atoms with Crippen molar-refractivity contribution in [1.82, 2.24) is 0 Å². The van der Waals surface area contributed by atoms with E-state index in [-0.39, 0.29) is 33.1 Å². The summed E-state index contributed by atoms with van der Waals surface area (Å²) in [4.78, 5) is 34.4. The summed E-state index contributed by atoms with van der Waals surface area (Å²) in [5.74, 6) is 0.203. The Bertz CT molecular complexity index is 1210. The van der Waals surface area contributed by atoms with Crippen molar-refractivity contribution >= 4 is 58.1 Å². The van der Waals surface area contributed by atoms with Gasteiger partial charge in [-0.25, -0.2) is 0 Å². The van der Waals surface area contributed by atoms with Gasteiger partial charge < -0.3 is 9.80 Å². The summed E-state index contributed by atoms with van der Waals surface area (Å²) < 4.78 is 0. The zero-order chi connectivity index (χ0) is 27.1. The summed E-state index contributed by atoms with van der Waals surface area (Å²) in [7, 11) is 8.08. The Morgan fingerprint density at radius 3 is 1.16 bits per heavy atom. The molecule has 5 rings (SSSR count). The van der Waals surface area contributed by atoms with Crippen LogP contribution in [0.4, 0.5) is 22.7 Å². The second-order valence-electron chi connectivity index (χ2n) is 10.2. The van der Waals surface area contributed by atoms with Crippen LogP contribution in [-0.2, 0) is 9.59 Å². The van der Waals surface area contributed by atoms with Gasteiger partial charge in [-0.15, -0.1) is 23.5 Å². The maximum absolute atomic E-state index is 13.2. The largest absolute Gasteiger partial charge is 0.378 e. The maximum atomic E-state index is 13.2. The molecule has 2 saturated heterocycles. The van der Waals surface area contributed by atoms with Crippen LogP contribution in [0.1, 0.15) is 35.7 Å². The molecule has 0 aromatic heterocycles. The first-order chi connectivity index (χ1) is 18.2. The van der Waals surface area contributed by atoms with E-state index >= 15 is 0 Å². The fourth-order valence-corrected chi connectivity index (χ4v) is 7.43. The van der Waals surface area contributed by atoms with E-state index in [4.69, 9.17) is 0 Å². The molecule has 198 valence electrons. The molecule has 3 aromatic carbocycles. The minimum atomic E-state index is -0.125. The first-order valence-electron chi connectivity index (χ1n) is 12.8. The molecule has 0 saturated carbocycles. The lowest BCUT2D eigenvalue weighted by Gasteiger charge is -2.27. The monoisotopic (exact) mass is 546 g/mol. The van der Waals surface area contributed by atoms with Crippen molar-refractivity contribution in [3.63, 3.8) is 0 Å². The number of hydrogen-bond donors (Lipinski definition) is 0. The number of anilines is 4. The minimum absolute atomic E-state index is 0.0912. The van der Waals surface area contributed by atoms with Gasteiger partial charge in [-0.2, -0.15) is 0 Å². The third kappa shape index (κ3) is 4.87. The van der Waals surface area contributed by atoms with E-state index in [0.29, 0.717) is 0 Å². The van der Waals surface area contributed by atoms with Gasteiger partial charge in [0.25, 0.3) is 0 Å². The summed E-state index contributed by atoms with van der Waals surface area (Å²) >= 11 is 3.33. The number of carbonyl (C=O) groups excluding carboxylic acids is 2. The molecule has 2 aliphatic heterocycles. The number of thioether (sulfide) groups is 2. The van der Waals surface area contributed by atoms with Crippen molar-refractivity contribution in [2.75, 3.05) is 47.8 Å². The van der Waals surface area contributed by atoms with Crippen molar-refractivity contribution in [3.8, 4) is 0 Å². The number of rotatable bonds is 6. The van der Waals surface area contributed by atoms with Crippen LogP contribution in [0, 0.1) is 0 Å². The molecule has 3 aromatic rings. The molecule has 0 aliphatic carbocycles. The van der Waals surface area contributed by atoms with Gasteiger partial charge in [-0.1, -0.05) is 24.3 Å². The van der Waals surface area contributed by atoms with E-state index in [0.717, 1.165) is 33.9 Å². The number of hydrogen-bond acceptors (Lipinski definition) is 6. The number of benzene rings is 3. The third-order valence-corrected chi connectivity index (χ3v) is 9.80. The van der Waals surface area contributed by atoms with Gasteiger partial charge >= 0.3 is 0 Å². The van der Waals surface area contributed by atoms with Gasteiger partial charge in [0.15, 0.2) is 0 Å². The van der Waals surface area contributed by atoms with Crippen LogP contribution >= 0.6 is 23.5 Å². The summed E-state index contributed by atoms with van der Waals surface area (Å²) in [6, 6.07) is 24.7. The van der Waals surface area contributed by atoms with Crippen LogP contribution in [-0.4, -0.2) is 50.5 Å². The quantitative estimate of drug-likeness (QED) is 0.370. The van der Waals surface area contributed by atoms with Crippen LogP contribution < -0.4 is 19.6 Å². The molecule has 6 nitrogen and oxygen atoms in total. The molecule has 4 unspecified atom stereocenters. The molecule has 0 spiro atoms. The predicted octanol–water partition coefficient (Wildman–Crippen LogP) is 6.15. The second kappa shape index (κ2) is 10.6. The van der Waals surface area contributed by atoms with Crippen molar-refractivity contribution < 1.29 is 9.59 Å². The summed E-state index contributed by atoms with van der Waals surface area (Å²) in [5.41, 5.74) is 6.14. The molecule has 2 aliphatic rings. The van der Waals surface area contributed by atoms with E-state index in [1.807, 2.05) is 76.1 Å². The molecule has 0 radical (unpaired) electrons. The molecule has 2 heterocycles. The number of nitrogens with zero attached hydrogens (tertiary/aromatic N) is 4. The van der Waals surface area contributed by atoms with Crippen LogP contribution in [0.25, 0.3) is 0 Å². The highest BCUT2D eigenvalue weighted by Gasteiger charge is 2.41. The maximum Gasteiger partial charge on any atom is 0.241 e. The number of amides is 2. The van der Waals surface area contributed by atoms with Crippen molar-refractivity contribution in [1.29, 1.82) is 0 Å². The summed E-state index contributed by atoms with van der Waals surface area (Å²) in [5, 5.41) is -0.432. The highest BCUT2D eigenvalue weighted by Crippen LogP contribution is 2.48. The van der Waals surface area contributed by atoms with Crippen LogP contribution in [0.2, 0.25) is 0 Å². The highest BCUT2D eigenvalue weighted by molar-refractivity contribution is 8.01. The van der Waals surface area contributed by atoms with E-state index in [1.54, 1.807) is 23.5 Å². The zero-order valence-corrected chi connectivity index (χ0v) is 24.3. The van der Waals surface area contributed by atoms with Gasteiger partial charge in [-0.05, 0) is 73.5 Å². The predicted molar refractivity (Wildman–Crippen MR) is 163 cm³/mol. The van der Waals surface area contributed by atoms with Gasteiger partial charge in [0.1, 0.15) is 10.7 Å². The van der Waals surface area contributed by atoms with Crippen molar-refractivity contribution in [2.24, 2.45) is 0 Å². The smallest absolute Gasteiger partial charge is 0.241 e. The van der Waals surface area contributed by atoms with Gasteiger partial charge in [0.2, 0.25) is 11.8 Å². The lowest BCUT2D eigenvalue weighted by atomic mass is 10.1. The van der Waals surface area contributed by atoms with E-state index in [1.165, 1.54) is 0 Å². The molecule has 0 bridgehead atoms. The summed E-state index contributed by atoms with van der Waals surface area (Å²) in [6.45, 7) is 3.94. The number of carbonyl (C=O) groups is 2. The van der Waals surface area contributed by atoms with E-state index in [2.05, 4.69) is 58.3 Å². The Balaban J connectivity index is 1.43. The Labute approximate surface area is 234 Å². The Hall–Kier alpha value is -3.10. The molecule has 2 fully saturated rings. The average molecular weight is 547 g/mol. The Kier molecular flexibility index (Phi) is 7.38. The SMILES string of the molecule is CC1SC(c2ccc(N(C)C)cc2)N(c2ccc(N3C(=O)C(C)SC3c3ccc(N(C)C)cc3)cc2)C1=O. The van der Waals surface area contributed by atoms with Crippen LogP contribution in [0.5, 0.6) is 0 Å². The van der Waals surface area contributed by atoms with Crippen molar-refractivity contribution in [2.45, 2.75) is 35.1 Å². The highest BCUT2D eigenvalue weighted by atomic mass is 32.2. The zero-order valence-electron chi connectivity index (χ0n) is 22.7. The molecule has 38 heavy (non-hydrogen) atoms. The molecule has 8 heteroatoms. The summed E-state index contributed by atoms with van der Waals surface area (Å²) in [6.07, 6.45) is 0. The standard InChI is InChI=1S/C30H34N4O2S2/c1-19-27(35)33(29(37-19)21-7-11-23(12-8-21)31(3)4)25-15-17-26(18-16-25)34-28(36)20(2)38-30(34)22-9-13-24(14-10-22)32(5)6/h7-20,29-30H,1-6H3. The van der Waals surface area contributed by atoms with E-state index < -0.39 is 0 Å². The normalized spacial score (nSPS) is 23.3. The first-order valence-corrected chi connectivity index (χ1v) is 14.7. The molecule has 2 amide bonds. The van der Waals surface area contributed by atoms with Crippen LogP contribution in [0.15, 0.2) is 72.8 Å². The first kappa shape index (κ1) is 26.5. The topological polar surface area (TPSA) is 47.1 Å². The van der Waals surface area contributed by atoms with Crippen LogP contribution in [0.3, 0.4) is 0 Å². The van der Waals surface area contributed by atoms with Crippen molar-refractivity contribution in [3.05, 3.63) is 83.9 Å². The second-order valence-corrected chi connectivity index (χ2v) is 13.0. The molecule has 4 atom stereocenters. The average Bonchev–Trinajstić information content (AvgIpc) is 3.38. The fraction of sp³-hybridized carbons (Fsp3) is 0.333. The fourth-order valence-electron chi connectivity index (χ4n) is 4.88. The molecular formula is C30H34N4O2S2. The molecular weight excluding hydrogens is 512 g/mol. The van der Waals surface area contributed by atoms with E-state index in [9.17, 15) is 9.59 Å². The lowest BCUT2D eigenvalue weighted by molar-refractivity contribution is -0.118. The van der Waals surface area contributed by atoms with Gasteiger partial charge in [-0.3, -0.25) is 19.4 Å². The molecule has 0 N–H and O–H groups in total. The lowest BCUT2D eigenvalue weighted by Crippen LogP contribution is -2.31.